The maximum absolute atomic E-state index is 4.91. The molecule has 0 amide bonds. The highest BCUT2D eigenvalue weighted by molar-refractivity contribution is 9.11. The summed E-state index contributed by atoms with van der Waals surface area (Å²) in [6, 6.07) is 9.43. The van der Waals surface area contributed by atoms with Crippen molar-refractivity contribution in [2.75, 3.05) is 0 Å². The summed E-state index contributed by atoms with van der Waals surface area (Å²) in [5.41, 5.74) is 9.07. The van der Waals surface area contributed by atoms with Crippen LogP contribution in [0.2, 0.25) is 0 Å². The van der Waals surface area contributed by atoms with E-state index in [9.17, 15) is 0 Å². The first-order valence-electron chi connectivity index (χ1n) is 26.0. The van der Waals surface area contributed by atoms with Crippen molar-refractivity contribution in [2.45, 2.75) is 232 Å². The van der Waals surface area contributed by atoms with Crippen molar-refractivity contribution in [1.82, 2.24) is 17.5 Å². The molecule has 0 spiro atoms. The molecule has 6 rings (SSSR count). The summed E-state index contributed by atoms with van der Waals surface area (Å²) in [4.78, 5) is 2.50. The van der Waals surface area contributed by atoms with Crippen LogP contribution in [0, 0.1) is 0 Å². The molecular formula is C54H78Br2N4S4. The molecule has 0 aliphatic rings. The Balaban J connectivity index is 0.950. The summed E-state index contributed by atoms with van der Waals surface area (Å²) in [6.07, 6.45) is 47.0. The molecule has 0 saturated carbocycles. The molecule has 10 heteroatoms. The molecule has 0 N–H and O–H groups in total. The summed E-state index contributed by atoms with van der Waals surface area (Å²) in [5, 5.41) is 2.24. The van der Waals surface area contributed by atoms with Crippen LogP contribution < -0.4 is 0 Å². The molecule has 0 atom stereocenters. The van der Waals surface area contributed by atoms with Crippen LogP contribution in [0.4, 0.5) is 0 Å². The largest absolute Gasteiger partial charge is 0.172 e. The lowest BCUT2D eigenvalue weighted by Gasteiger charge is -2.08. The average Bonchev–Trinajstić information content (AvgIpc) is 4.13. The van der Waals surface area contributed by atoms with Crippen molar-refractivity contribution < 1.29 is 0 Å². The Kier molecular flexibility index (Phi) is 24.6. The molecule has 0 fully saturated rings. The van der Waals surface area contributed by atoms with Crippen LogP contribution in [0.5, 0.6) is 0 Å². The number of unbranched alkanes of at least 4 members (excludes halogenated alkanes) is 30. The first-order chi connectivity index (χ1) is 31.6. The molecule has 0 aliphatic carbocycles. The lowest BCUT2D eigenvalue weighted by atomic mass is 9.98. The summed E-state index contributed by atoms with van der Waals surface area (Å²) in [5.74, 6) is 0. The van der Waals surface area contributed by atoms with Crippen LogP contribution >= 0.6 is 78.0 Å². The average molecular weight is 1070 g/mol. The second kappa shape index (κ2) is 30.2. The molecule has 6 aromatic rings. The van der Waals surface area contributed by atoms with E-state index in [0.29, 0.717) is 0 Å². The predicted octanol–water partition coefficient (Wildman–Crippen LogP) is 21.4. The number of halogens is 2. The molecule has 0 bridgehead atoms. The molecule has 0 radical (unpaired) electrons. The monoisotopic (exact) mass is 1070 g/mol. The van der Waals surface area contributed by atoms with Gasteiger partial charge in [-0.15, -0.1) is 22.7 Å². The Bertz CT molecular complexity index is 2050. The second-order valence-electron chi connectivity index (χ2n) is 18.8. The first kappa shape index (κ1) is 52.1. The molecule has 4 heterocycles. The molecular weight excluding hydrogens is 993 g/mol. The quantitative estimate of drug-likeness (QED) is 0.0368. The van der Waals surface area contributed by atoms with Gasteiger partial charge in [0.1, 0.15) is 22.1 Å². The molecule has 352 valence electrons. The van der Waals surface area contributed by atoms with Crippen LogP contribution in [0.1, 0.15) is 230 Å². The van der Waals surface area contributed by atoms with Gasteiger partial charge in [-0.25, -0.2) is 0 Å². The van der Waals surface area contributed by atoms with Gasteiger partial charge >= 0.3 is 0 Å². The fraction of sp³-hybridized carbons (Fsp3) is 0.667. The number of nitrogens with zero attached hydrogens (tertiary/aromatic N) is 4. The Morgan fingerprint density at radius 3 is 0.906 bits per heavy atom. The van der Waals surface area contributed by atoms with Crippen molar-refractivity contribution in [3.63, 3.8) is 0 Å². The van der Waals surface area contributed by atoms with Gasteiger partial charge < -0.3 is 0 Å². The van der Waals surface area contributed by atoms with E-state index in [1.807, 2.05) is 22.7 Å². The van der Waals surface area contributed by atoms with E-state index >= 15 is 0 Å². The second-order valence-corrected chi connectivity index (χ2v) is 24.6. The standard InChI is InChI=1S/C54H78Br2N4S4/c1-3-5-7-9-11-13-15-17-19-21-23-25-27-29-31-33-35-41-37-47(61-53(41)55)45-39-43-44(49-51(45)59-63-57-49)40-46(52-50(43)58-64-60-52)48-38-42(54(56)62-48)36-34-32-30-28-26-24-22-20-18-16-14-12-10-8-6-4-2/h37-40H,3-36H2,1-2H3. The fourth-order valence-electron chi connectivity index (χ4n) is 9.58. The highest BCUT2D eigenvalue weighted by Gasteiger charge is 2.22. The summed E-state index contributed by atoms with van der Waals surface area (Å²) in [6.45, 7) is 4.60. The first-order valence-corrected chi connectivity index (χ1v) is 30.7. The molecule has 4 aromatic heterocycles. The summed E-state index contributed by atoms with van der Waals surface area (Å²) >= 11 is 14.2. The Morgan fingerprint density at radius 2 is 0.609 bits per heavy atom. The Labute approximate surface area is 420 Å². The number of benzene rings is 2. The topological polar surface area (TPSA) is 51.6 Å². The van der Waals surface area contributed by atoms with Gasteiger partial charge in [0.15, 0.2) is 0 Å². The molecule has 0 saturated heterocycles. The van der Waals surface area contributed by atoms with E-state index in [0.717, 1.165) is 56.8 Å². The van der Waals surface area contributed by atoms with Gasteiger partial charge in [-0.3, -0.25) is 0 Å². The zero-order valence-corrected chi connectivity index (χ0v) is 46.0. The number of rotatable bonds is 36. The number of thiophene rings is 2. The number of hydrogen-bond acceptors (Lipinski definition) is 8. The van der Waals surface area contributed by atoms with Crippen LogP contribution in [-0.4, -0.2) is 17.5 Å². The fourth-order valence-corrected chi connectivity index (χ4v) is 14.3. The van der Waals surface area contributed by atoms with Crippen LogP contribution in [0.25, 0.3) is 53.7 Å². The minimum absolute atomic E-state index is 0.974. The SMILES string of the molecule is CCCCCCCCCCCCCCCCCCc1cc(-c2cc3c(cc(-c4cc(CCCCCCCCCCCCCCCCCC)c(Br)s4)c4nsnc43)c3nsnc23)sc1Br. The Hall–Kier alpha value is -1.30. The van der Waals surface area contributed by atoms with Gasteiger partial charge in [0.2, 0.25) is 0 Å². The molecule has 4 nitrogen and oxygen atoms in total. The van der Waals surface area contributed by atoms with Crippen LogP contribution in [0.3, 0.4) is 0 Å². The van der Waals surface area contributed by atoms with Crippen LogP contribution in [0.15, 0.2) is 31.8 Å². The summed E-state index contributed by atoms with van der Waals surface area (Å²) in [7, 11) is 0. The van der Waals surface area contributed by atoms with Crippen molar-refractivity contribution in [3.8, 4) is 20.9 Å². The third kappa shape index (κ3) is 16.4. The third-order valence-corrected chi connectivity index (χ3v) is 18.6. The van der Waals surface area contributed by atoms with E-state index in [2.05, 4.69) is 70.0 Å². The van der Waals surface area contributed by atoms with Gasteiger partial charge in [0.05, 0.1) is 31.0 Å². The van der Waals surface area contributed by atoms with Gasteiger partial charge in [-0.2, -0.15) is 17.5 Å². The number of aromatic nitrogens is 4. The number of hydrogen-bond donors (Lipinski definition) is 0. The van der Waals surface area contributed by atoms with E-state index in [1.165, 1.54) is 257 Å². The number of aryl methyl sites for hydroxylation is 2. The molecule has 64 heavy (non-hydrogen) atoms. The van der Waals surface area contributed by atoms with Crippen molar-refractivity contribution >= 4 is 111 Å². The molecule has 0 unspecified atom stereocenters. The zero-order chi connectivity index (χ0) is 44.6. The zero-order valence-electron chi connectivity index (χ0n) is 39.5. The lowest BCUT2D eigenvalue weighted by molar-refractivity contribution is 0.529. The lowest BCUT2D eigenvalue weighted by Crippen LogP contribution is -1.88. The van der Waals surface area contributed by atoms with Crippen molar-refractivity contribution in [1.29, 1.82) is 0 Å². The van der Waals surface area contributed by atoms with Crippen molar-refractivity contribution in [2.24, 2.45) is 0 Å². The van der Waals surface area contributed by atoms with E-state index < -0.39 is 0 Å². The normalized spacial score (nSPS) is 12.0. The third-order valence-electron chi connectivity index (χ3n) is 13.5. The highest BCUT2D eigenvalue weighted by atomic mass is 79.9. The van der Waals surface area contributed by atoms with Crippen LogP contribution in [-0.2, 0) is 12.8 Å². The minimum Gasteiger partial charge on any atom is -0.172 e. The van der Waals surface area contributed by atoms with Gasteiger partial charge in [0.25, 0.3) is 0 Å². The smallest absolute Gasteiger partial charge is 0.114 e. The summed E-state index contributed by atoms with van der Waals surface area (Å²) < 4.78 is 22.1. The molecule has 0 aliphatic heterocycles. The number of fused-ring (bicyclic) bond motifs is 5. The maximum Gasteiger partial charge on any atom is 0.114 e. The highest BCUT2D eigenvalue weighted by Crippen LogP contribution is 2.46. The van der Waals surface area contributed by atoms with E-state index in [4.69, 9.17) is 17.5 Å². The van der Waals surface area contributed by atoms with Gasteiger partial charge in [0, 0.05) is 31.7 Å². The predicted molar refractivity (Wildman–Crippen MR) is 294 cm³/mol. The molecule has 2 aromatic carbocycles. The minimum atomic E-state index is 0.974. The van der Waals surface area contributed by atoms with Gasteiger partial charge in [-0.1, -0.05) is 206 Å². The van der Waals surface area contributed by atoms with E-state index in [-0.39, 0.29) is 0 Å². The Morgan fingerprint density at radius 1 is 0.344 bits per heavy atom. The maximum atomic E-state index is 4.91. The van der Waals surface area contributed by atoms with E-state index in [1.54, 1.807) is 0 Å². The van der Waals surface area contributed by atoms with Crippen molar-refractivity contribution in [3.05, 3.63) is 43.0 Å². The van der Waals surface area contributed by atoms with Gasteiger partial charge in [-0.05, 0) is 92.9 Å².